The van der Waals surface area contributed by atoms with Gasteiger partial charge in [-0.2, -0.15) is 0 Å². The zero-order valence-corrected chi connectivity index (χ0v) is 14.3. The minimum absolute atomic E-state index is 0.0266. The molecule has 0 spiro atoms. The van der Waals surface area contributed by atoms with Crippen LogP contribution in [0.15, 0.2) is 24.5 Å². The number of piperidine rings is 1. The van der Waals surface area contributed by atoms with Crippen LogP contribution in [0.3, 0.4) is 0 Å². The Bertz CT molecular complexity index is 578. The number of carbonyl (C=O) groups excluding carboxylic acids is 2. The van der Waals surface area contributed by atoms with Gasteiger partial charge in [-0.25, -0.2) is 4.79 Å². The number of likely N-dealkylation sites (tertiary alicyclic amines) is 2. The fourth-order valence-electron chi connectivity index (χ4n) is 3.80. The topological polar surface area (TPSA) is 65.5 Å². The van der Waals surface area contributed by atoms with E-state index < -0.39 is 0 Å². The highest BCUT2D eigenvalue weighted by molar-refractivity contribution is 5.77. The minimum Gasteiger partial charge on any atom is -0.338 e. The summed E-state index contributed by atoms with van der Waals surface area (Å²) in [4.78, 5) is 32.7. The van der Waals surface area contributed by atoms with E-state index in [-0.39, 0.29) is 11.9 Å². The van der Waals surface area contributed by atoms with Gasteiger partial charge in [-0.1, -0.05) is 6.07 Å². The maximum atomic E-state index is 12.6. The first-order chi connectivity index (χ1) is 11.7. The fourth-order valence-corrected chi connectivity index (χ4v) is 3.80. The first-order valence-corrected chi connectivity index (χ1v) is 8.86. The van der Waals surface area contributed by atoms with Crippen LogP contribution < -0.4 is 5.32 Å². The maximum Gasteiger partial charge on any atom is 0.317 e. The van der Waals surface area contributed by atoms with E-state index in [1.807, 2.05) is 35.1 Å². The van der Waals surface area contributed by atoms with E-state index in [9.17, 15) is 9.59 Å². The van der Waals surface area contributed by atoms with Gasteiger partial charge >= 0.3 is 6.03 Å². The second-order valence-electron chi connectivity index (χ2n) is 6.76. The molecule has 6 nitrogen and oxygen atoms in total. The van der Waals surface area contributed by atoms with Gasteiger partial charge in [0.1, 0.15) is 0 Å². The largest absolute Gasteiger partial charge is 0.338 e. The van der Waals surface area contributed by atoms with Crippen molar-refractivity contribution in [3.63, 3.8) is 0 Å². The van der Waals surface area contributed by atoms with E-state index in [0.717, 1.165) is 38.0 Å². The van der Waals surface area contributed by atoms with Gasteiger partial charge in [-0.15, -0.1) is 0 Å². The molecular weight excluding hydrogens is 304 g/mol. The summed E-state index contributed by atoms with van der Waals surface area (Å²) in [5.74, 6) is 1.06. The number of hydrogen-bond donors (Lipinski definition) is 1. The van der Waals surface area contributed by atoms with Crippen LogP contribution in [0.2, 0.25) is 0 Å². The lowest BCUT2D eigenvalue weighted by Gasteiger charge is -2.37. The fraction of sp³-hybridized carbons (Fsp3) is 0.611. The lowest BCUT2D eigenvalue weighted by Crippen LogP contribution is -2.48. The normalized spacial score (nSPS) is 24.3. The number of amides is 3. The van der Waals surface area contributed by atoms with Crippen molar-refractivity contribution in [3.05, 3.63) is 30.1 Å². The summed E-state index contributed by atoms with van der Waals surface area (Å²) in [5.41, 5.74) is 1.07. The highest BCUT2D eigenvalue weighted by Gasteiger charge is 2.36. The summed E-state index contributed by atoms with van der Waals surface area (Å²) in [6.45, 7) is 5.50. The molecule has 2 aliphatic heterocycles. The zero-order valence-electron chi connectivity index (χ0n) is 14.3. The molecular formula is C18H26N4O2. The van der Waals surface area contributed by atoms with Crippen LogP contribution in [-0.2, 0) is 11.3 Å². The summed E-state index contributed by atoms with van der Waals surface area (Å²) in [5, 5.41) is 2.88. The Balaban J connectivity index is 1.62. The third-order valence-electron chi connectivity index (χ3n) is 5.16. The monoisotopic (exact) mass is 330 g/mol. The Morgan fingerprint density at radius 3 is 2.92 bits per heavy atom. The van der Waals surface area contributed by atoms with Crippen molar-refractivity contribution in [2.75, 3.05) is 26.2 Å². The quantitative estimate of drug-likeness (QED) is 0.920. The Morgan fingerprint density at radius 2 is 2.17 bits per heavy atom. The number of fused-ring (bicyclic) bond motifs is 1. The number of nitrogens with zero attached hydrogens (tertiary/aromatic N) is 3. The number of urea groups is 1. The SMILES string of the molecule is CCNC(=O)N1CC[C@H]2CC(=O)N(Cc3cccnc3)CC[C@H]2C1. The van der Waals surface area contributed by atoms with Crippen molar-refractivity contribution in [3.8, 4) is 0 Å². The Hall–Kier alpha value is -2.11. The Kier molecular flexibility index (Phi) is 5.33. The summed E-state index contributed by atoms with van der Waals surface area (Å²) in [6, 6.07) is 3.94. The van der Waals surface area contributed by atoms with E-state index in [1.165, 1.54) is 0 Å². The molecule has 1 N–H and O–H groups in total. The third kappa shape index (κ3) is 3.86. The second kappa shape index (κ2) is 7.64. The summed E-state index contributed by atoms with van der Waals surface area (Å²) in [7, 11) is 0. The minimum atomic E-state index is 0.0266. The first kappa shape index (κ1) is 16.7. The number of rotatable bonds is 3. The summed E-state index contributed by atoms with van der Waals surface area (Å²) < 4.78 is 0. The number of hydrogen-bond acceptors (Lipinski definition) is 3. The van der Waals surface area contributed by atoms with Gasteiger partial charge in [0.25, 0.3) is 0 Å². The molecule has 6 heteroatoms. The molecule has 2 saturated heterocycles. The predicted octanol–water partition coefficient (Wildman–Crippen LogP) is 1.87. The molecule has 2 aliphatic rings. The third-order valence-corrected chi connectivity index (χ3v) is 5.16. The molecule has 1 aromatic heterocycles. The average Bonchev–Trinajstić information content (AvgIpc) is 2.75. The van der Waals surface area contributed by atoms with Gasteiger partial charge < -0.3 is 15.1 Å². The van der Waals surface area contributed by atoms with Crippen molar-refractivity contribution in [2.24, 2.45) is 11.8 Å². The molecule has 3 amide bonds. The van der Waals surface area contributed by atoms with Crippen LogP contribution in [0, 0.1) is 11.8 Å². The maximum absolute atomic E-state index is 12.6. The molecule has 3 heterocycles. The van der Waals surface area contributed by atoms with Crippen LogP contribution in [0.4, 0.5) is 4.79 Å². The molecule has 0 bridgehead atoms. The smallest absolute Gasteiger partial charge is 0.317 e. The molecule has 0 aromatic carbocycles. The van der Waals surface area contributed by atoms with Crippen LogP contribution >= 0.6 is 0 Å². The standard InChI is InChI=1S/C18H26N4O2/c1-2-20-18(24)22-9-5-15-10-17(23)21(8-6-16(15)13-22)12-14-4-3-7-19-11-14/h3-4,7,11,15-16H,2,5-6,8-10,12-13H2,1H3,(H,20,24)/t15-,16-/m0/s1. The van der Waals surface area contributed by atoms with E-state index >= 15 is 0 Å². The predicted molar refractivity (Wildman–Crippen MR) is 91.1 cm³/mol. The molecule has 0 unspecified atom stereocenters. The summed E-state index contributed by atoms with van der Waals surface area (Å²) in [6.07, 6.45) is 6.06. The first-order valence-electron chi connectivity index (χ1n) is 8.86. The highest BCUT2D eigenvalue weighted by Crippen LogP contribution is 2.32. The van der Waals surface area contributed by atoms with Crippen molar-refractivity contribution >= 4 is 11.9 Å². The van der Waals surface area contributed by atoms with Gasteiger partial charge in [0.2, 0.25) is 5.91 Å². The lowest BCUT2D eigenvalue weighted by atomic mass is 9.82. The number of aromatic nitrogens is 1. The van der Waals surface area contributed by atoms with Gasteiger partial charge in [-0.3, -0.25) is 9.78 Å². The molecule has 0 saturated carbocycles. The molecule has 24 heavy (non-hydrogen) atoms. The second-order valence-corrected chi connectivity index (χ2v) is 6.76. The lowest BCUT2D eigenvalue weighted by molar-refractivity contribution is -0.132. The average molecular weight is 330 g/mol. The molecule has 2 fully saturated rings. The van der Waals surface area contributed by atoms with E-state index in [2.05, 4.69) is 10.3 Å². The van der Waals surface area contributed by atoms with Crippen molar-refractivity contribution in [1.82, 2.24) is 20.1 Å². The van der Waals surface area contributed by atoms with E-state index in [1.54, 1.807) is 6.20 Å². The molecule has 1 aromatic rings. The van der Waals surface area contributed by atoms with Gasteiger partial charge in [0.05, 0.1) is 0 Å². The molecule has 3 rings (SSSR count). The number of pyridine rings is 1. The van der Waals surface area contributed by atoms with Crippen molar-refractivity contribution < 1.29 is 9.59 Å². The highest BCUT2D eigenvalue weighted by atomic mass is 16.2. The number of nitrogens with one attached hydrogen (secondary N) is 1. The van der Waals surface area contributed by atoms with E-state index in [4.69, 9.17) is 0 Å². The van der Waals surface area contributed by atoms with Gasteiger partial charge in [-0.05, 0) is 43.2 Å². The van der Waals surface area contributed by atoms with Gasteiger partial charge in [0.15, 0.2) is 0 Å². The van der Waals surface area contributed by atoms with Gasteiger partial charge in [0, 0.05) is 51.5 Å². The van der Waals surface area contributed by atoms with Crippen molar-refractivity contribution in [2.45, 2.75) is 32.7 Å². The zero-order chi connectivity index (χ0) is 16.9. The Labute approximate surface area is 143 Å². The summed E-state index contributed by atoms with van der Waals surface area (Å²) >= 11 is 0. The van der Waals surface area contributed by atoms with Crippen LogP contribution in [0.25, 0.3) is 0 Å². The van der Waals surface area contributed by atoms with E-state index in [0.29, 0.717) is 31.3 Å². The van der Waals surface area contributed by atoms with Crippen LogP contribution in [-0.4, -0.2) is 52.9 Å². The number of carbonyl (C=O) groups is 2. The Morgan fingerprint density at radius 1 is 1.33 bits per heavy atom. The molecule has 0 radical (unpaired) electrons. The van der Waals surface area contributed by atoms with Crippen LogP contribution in [0.1, 0.15) is 31.7 Å². The molecule has 0 aliphatic carbocycles. The molecule has 2 atom stereocenters. The molecule has 130 valence electrons. The van der Waals surface area contributed by atoms with Crippen LogP contribution in [0.5, 0.6) is 0 Å². The van der Waals surface area contributed by atoms with Crippen molar-refractivity contribution in [1.29, 1.82) is 0 Å².